The Morgan fingerprint density at radius 2 is 1.92 bits per heavy atom. The van der Waals surface area contributed by atoms with Crippen LogP contribution in [-0.4, -0.2) is 23.3 Å². The van der Waals surface area contributed by atoms with E-state index >= 15 is 0 Å². The Labute approximate surface area is 163 Å². The van der Waals surface area contributed by atoms with Crippen LogP contribution in [0.5, 0.6) is 0 Å². The van der Waals surface area contributed by atoms with Crippen LogP contribution in [0.2, 0.25) is 0 Å². The summed E-state index contributed by atoms with van der Waals surface area (Å²) in [6.07, 6.45) is 1.53. The number of aromatic nitrogens is 1. The standard InChI is InChI=1S/C19H16BrN3O2S/c1-12-9-14(7-8-15(12)20)23-17(24)11-21-18(25)16-10-22-19(26-16)13-5-3-2-4-6-13/h2-10H,11H2,1H3,(H,21,25)(H,23,24). The molecule has 26 heavy (non-hydrogen) atoms. The topological polar surface area (TPSA) is 71.1 Å². The third-order valence-corrected chi connectivity index (χ3v) is 5.54. The maximum Gasteiger partial charge on any atom is 0.263 e. The van der Waals surface area contributed by atoms with Crippen LogP contribution in [0.1, 0.15) is 15.2 Å². The van der Waals surface area contributed by atoms with E-state index in [0.29, 0.717) is 10.6 Å². The van der Waals surface area contributed by atoms with E-state index in [9.17, 15) is 9.59 Å². The highest BCUT2D eigenvalue weighted by Crippen LogP contribution is 2.24. The monoisotopic (exact) mass is 429 g/mol. The first kappa shape index (κ1) is 18.3. The molecule has 132 valence electrons. The summed E-state index contributed by atoms with van der Waals surface area (Å²) in [5.74, 6) is -0.598. The smallest absolute Gasteiger partial charge is 0.263 e. The highest BCUT2D eigenvalue weighted by atomic mass is 79.9. The summed E-state index contributed by atoms with van der Waals surface area (Å²) in [5, 5.41) is 6.15. The van der Waals surface area contributed by atoms with E-state index in [0.717, 1.165) is 20.6 Å². The van der Waals surface area contributed by atoms with Gasteiger partial charge in [-0.2, -0.15) is 0 Å². The predicted octanol–water partition coefficient (Wildman–Crippen LogP) is 4.25. The van der Waals surface area contributed by atoms with Crippen molar-refractivity contribution in [3.63, 3.8) is 0 Å². The molecule has 1 heterocycles. The molecule has 5 nitrogen and oxygen atoms in total. The fourth-order valence-corrected chi connectivity index (χ4v) is 3.35. The molecule has 3 rings (SSSR count). The lowest BCUT2D eigenvalue weighted by molar-refractivity contribution is -0.115. The molecule has 7 heteroatoms. The number of amides is 2. The van der Waals surface area contributed by atoms with Gasteiger partial charge in [0.1, 0.15) is 9.88 Å². The van der Waals surface area contributed by atoms with Crippen molar-refractivity contribution < 1.29 is 9.59 Å². The van der Waals surface area contributed by atoms with Gasteiger partial charge in [-0.3, -0.25) is 9.59 Å². The van der Waals surface area contributed by atoms with Crippen molar-refractivity contribution in [1.29, 1.82) is 0 Å². The van der Waals surface area contributed by atoms with Gasteiger partial charge in [0.15, 0.2) is 0 Å². The summed E-state index contributed by atoms with van der Waals surface area (Å²) >= 11 is 4.71. The Hall–Kier alpha value is -2.51. The molecule has 3 aromatic rings. The first-order valence-electron chi connectivity index (χ1n) is 7.88. The van der Waals surface area contributed by atoms with Crippen LogP contribution in [0.15, 0.2) is 59.2 Å². The Balaban J connectivity index is 1.56. The maximum atomic E-state index is 12.2. The van der Waals surface area contributed by atoms with Gasteiger partial charge in [0.05, 0.1) is 12.7 Å². The molecule has 2 N–H and O–H groups in total. The van der Waals surface area contributed by atoms with E-state index in [1.165, 1.54) is 17.5 Å². The molecule has 0 aliphatic rings. The van der Waals surface area contributed by atoms with Crippen LogP contribution < -0.4 is 10.6 Å². The van der Waals surface area contributed by atoms with Crippen LogP contribution in [0.3, 0.4) is 0 Å². The zero-order valence-corrected chi connectivity index (χ0v) is 16.4. The van der Waals surface area contributed by atoms with Gasteiger partial charge in [-0.25, -0.2) is 4.98 Å². The lowest BCUT2D eigenvalue weighted by Crippen LogP contribution is -2.32. The number of hydrogen-bond donors (Lipinski definition) is 2. The number of anilines is 1. The zero-order valence-electron chi connectivity index (χ0n) is 14.0. The normalized spacial score (nSPS) is 10.4. The average Bonchev–Trinajstić information content (AvgIpc) is 3.14. The summed E-state index contributed by atoms with van der Waals surface area (Å²) < 4.78 is 0.975. The van der Waals surface area contributed by atoms with Gasteiger partial charge in [0, 0.05) is 15.7 Å². The summed E-state index contributed by atoms with van der Waals surface area (Å²) in [4.78, 5) is 29.0. The molecule has 0 bridgehead atoms. The number of hydrogen-bond acceptors (Lipinski definition) is 4. The second-order valence-electron chi connectivity index (χ2n) is 5.59. The molecule has 0 fully saturated rings. The minimum atomic E-state index is -0.313. The van der Waals surface area contributed by atoms with Crippen molar-refractivity contribution in [1.82, 2.24) is 10.3 Å². The molecule has 2 aromatic carbocycles. The second kappa shape index (κ2) is 8.25. The quantitative estimate of drug-likeness (QED) is 0.636. The predicted molar refractivity (Wildman–Crippen MR) is 107 cm³/mol. The van der Waals surface area contributed by atoms with E-state index in [1.54, 1.807) is 6.07 Å². The first-order chi connectivity index (χ1) is 12.5. The Morgan fingerprint density at radius 3 is 2.65 bits per heavy atom. The first-order valence-corrected chi connectivity index (χ1v) is 9.49. The highest BCUT2D eigenvalue weighted by molar-refractivity contribution is 9.10. The van der Waals surface area contributed by atoms with Gasteiger partial charge in [-0.1, -0.05) is 46.3 Å². The lowest BCUT2D eigenvalue weighted by atomic mass is 10.2. The van der Waals surface area contributed by atoms with Crippen LogP contribution >= 0.6 is 27.3 Å². The number of aryl methyl sites for hydroxylation is 1. The van der Waals surface area contributed by atoms with Crippen LogP contribution in [0, 0.1) is 6.92 Å². The number of rotatable bonds is 5. The fourth-order valence-electron chi connectivity index (χ4n) is 2.27. The molecule has 0 spiro atoms. The SMILES string of the molecule is Cc1cc(NC(=O)CNC(=O)c2cnc(-c3ccccc3)s2)ccc1Br. The Bertz CT molecular complexity index is 941. The number of nitrogens with one attached hydrogen (secondary N) is 2. The number of carbonyl (C=O) groups is 2. The second-order valence-corrected chi connectivity index (χ2v) is 7.48. The van der Waals surface area contributed by atoms with E-state index in [2.05, 4.69) is 31.5 Å². The van der Waals surface area contributed by atoms with Crippen molar-refractivity contribution in [3.8, 4) is 10.6 Å². The molecule has 0 radical (unpaired) electrons. The Morgan fingerprint density at radius 1 is 1.15 bits per heavy atom. The molecule has 2 amide bonds. The molecule has 0 unspecified atom stereocenters. The molecule has 1 aromatic heterocycles. The van der Waals surface area contributed by atoms with Crippen molar-refractivity contribution >= 4 is 44.8 Å². The van der Waals surface area contributed by atoms with Crippen molar-refractivity contribution in [2.24, 2.45) is 0 Å². The number of nitrogens with zero attached hydrogens (tertiary/aromatic N) is 1. The maximum absolute atomic E-state index is 12.2. The number of benzene rings is 2. The Kier molecular flexibility index (Phi) is 5.80. The van der Waals surface area contributed by atoms with E-state index < -0.39 is 0 Å². The molecule has 0 aliphatic carbocycles. The van der Waals surface area contributed by atoms with Gasteiger partial charge in [0.25, 0.3) is 5.91 Å². The largest absolute Gasteiger partial charge is 0.342 e. The minimum Gasteiger partial charge on any atom is -0.342 e. The summed E-state index contributed by atoms with van der Waals surface area (Å²) in [5.41, 5.74) is 2.67. The van der Waals surface area contributed by atoms with Gasteiger partial charge >= 0.3 is 0 Å². The number of thiazole rings is 1. The van der Waals surface area contributed by atoms with Crippen LogP contribution in [-0.2, 0) is 4.79 Å². The van der Waals surface area contributed by atoms with E-state index in [1.807, 2.05) is 49.4 Å². The average molecular weight is 430 g/mol. The van der Waals surface area contributed by atoms with Crippen molar-refractivity contribution in [2.45, 2.75) is 6.92 Å². The van der Waals surface area contributed by atoms with Gasteiger partial charge < -0.3 is 10.6 Å². The minimum absolute atomic E-state index is 0.105. The van der Waals surface area contributed by atoms with Gasteiger partial charge in [-0.05, 0) is 30.7 Å². The molecule has 0 atom stereocenters. The van der Waals surface area contributed by atoms with Gasteiger partial charge in [-0.15, -0.1) is 11.3 Å². The third kappa shape index (κ3) is 4.56. The molecular weight excluding hydrogens is 414 g/mol. The molecule has 0 aliphatic heterocycles. The van der Waals surface area contributed by atoms with Crippen molar-refractivity contribution in [3.05, 3.63) is 69.6 Å². The van der Waals surface area contributed by atoms with E-state index in [-0.39, 0.29) is 18.4 Å². The summed E-state index contributed by atoms with van der Waals surface area (Å²) in [7, 11) is 0. The van der Waals surface area contributed by atoms with Gasteiger partial charge in [0.2, 0.25) is 5.91 Å². The van der Waals surface area contributed by atoms with E-state index in [4.69, 9.17) is 0 Å². The lowest BCUT2D eigenvalue weighted by Gasteiger charge is -2.07. The summed E-state index contributed by atoms with van der Waals surface area (Å²) in [6.45, 7) is 1.84. The van der Waals surface area contributed by atoms with Crippen LogP contribution in [0.25, 0.3) is 10.6 Å². The van der Waals surface area contributed by atoms with Crippen molar-refractivity contribution in [2.75, 3.05) is 11.9 Å². The summed E-state index contributed by atoms with van der Waals surface area (Å²) in [6, 6.07) is 15.2. The zero-order chi connectivity index (χ0) is 18.5. The third-order valence-electron chi connectivity index (χ3n) is 3.60. The number of halogens is 1. The molecule has 0 saturated heterocycles. The molecular formula is C19H16BrN3O2S. The number of carbonyl (C=O) groups excluding carboxylic acids is 2. The van der Waals surface area contributed by atoms with Crippen LogP contribution in [0.4, 0.5) is 5.69 Å². The highest BCUT2D eigenvalue weighted by Gasteiger charge is 2.13. The molecule has 0 saturated carbocycles. The fraction of sp³-hybridized carbons (Fsp3) is 0.105.